The van der Waals surface area contributed by atoms with E-state index in [0.717, 1.165) is 38.5 Å². The molecule has 3 rings (SSSR count). The zero-order chi connectivity index (χ0) is 15.4. The molecule has 2 heterocycles. The number of amides is 1. The van der Waals surface area contributed by atoms with Crippen molar-refractivity contribution in [3.63, 3.8) is 0 Å². The van der Waals surface area contributed by atoms with Crippen molar-refractivity contribution in [3.05, 3.63) is 35.4 Å². The van der Waals surface area contributed by atoms with E-state index in [1.54, 1.807) is 0 Å². The van der Waals surface area contributed by atoms with Crippen molar-refractivity contribution in [3.8, 4) is 0 Å². The summed E-state index contributed by atoms with van der Waals surface area (Å²) in [6.07, 6.45) is 5.81. The summed E-state index contributed by atoms with van der Waals surface area (Å²) >= 11 is 0. The van der Waals surface area contributed by atoms with Crippen LogP contribution in [-0.4, -0.2) is 37.0 Å². The molecule has 0 spiro atoms. The van der Waals surface area contributed by atoms with Gasteiger partial charge in [0.05, 0.1) is 5.92 Å². The van der Waals surface area contributed by atoms with Gasteiger partial charge in [-0.3, -0.25) is 4.79 Å². The number of hydrogen-bond acceptors (Lipinski definition) is 2. The van der Waals surface area contributed by atoms with Crippen LogP contribution in [0.2, 0.25) is 0 Å². The SMILES string of the molecule is Cc1ccc(CCC2CCN(C(=O)C3CCNC3)CC2)cc1.Cl. The predicted octanol–water partition coefficient (Wildman–Crippen LogP) is 3.20. The fourth-order valence-corrected chi connectivity index (χ4v) is 3.69. The molecule has 2 aliphatic heterocycles. The van der Waals surface area contributed by atoms with Crippen molar-refractivity contribution in [2.75, 3.05) is 26.2 Å². The van der Waals surface area contributed by atoms with Gasteiger partial charge in [-0.05, 0) is 57.1 Å². The minimum absolute atomic E-state index is 0. The summed E-state index contributed by atoms with van der Waals surface area (Å²) in [6.45, 7) is 5.95. The van der Waals surface area contributed by atoms with Crippen molar-refractivity contribution < 1.29 is 4.79 Å². The first-order valence-corrected chi connectivity index (χ1v) is 8.77. The number of carbonyl (C=O) groups is 1. The van der Waals surface area contributed by atoms with Crippen molar-refractivity contribution >= 4 is 18.3 Å². The van der Waals surface area contributed by atoms with Gasteiger partial charge >= 0.3 is 0 Å². The van der Waals surface area contributed by atoms with Crippen LogP contribution in [0.25, 0.3) is 0 Å². The Kier molecular flexibility index (Phi) is 6.91. The molecular formula is C19H29ClN2O. The molecule has 0 aromatic heterocycles. The van der Waals surface area contributed by atoms with Gasteiger partial charge in [0.1, 0.15) is 0 Å². The summed E-state index contributed by atoms with van der Waals surface area (Å²) in [5, 5.41) is 3.30. The maximum absolute atomic E-state index is 12.4. The van der Waals surface area contributed by atoms with Gasteiger partial charge in [-0.1, -0.05) is 29.8 Å². The average molecular weight is 337 g/mol. The van der Waals surface area contributed by atoms with E-state index in [0.29, 0.717) is 5.91 Å². The maximum Gasteiger partial charge on any atom is 0.227 e. The Morgan fingerprint density at radius 2 is 1.87 bits per heavy atom. The molecule has 2 fully saturated rings. The van der Waals surface area contributed by atoms with Crippen molar-refractivity contribution in [2.45, 2.75) is 39.0 Å². The lowest BCUT2D eigenvalue weighted by atomic mass is 9.90. The molecule has 1 amide bonds. The molecule has 23 heavy (non-hydrogen) atoms. The highest BCUT2D eigenvalue weighted by Crippen LogP contribution is 2.24. The number of benzene rings is 1. The summed E-state index contributed by atoms with van der Waals surface area (Å²) in [6, 6.07) is 8.90. The number of hydrogen-bond donors (Lipinski definition) is 1. The van der Waals surface area contributed by atoms with Crippen LogP contribution < -0.4 is 5.32 Å². The molecule has 128 valence electrons. The number of likely N-dealkylation sites (tertiary alicyclic amines) is 1. The fourth-order valence-electron chi connectivity index (χ4n) is 3.69. The Hall–Kier alpha value is -1.06. The third-order valence-electron chi connectivity index (χ3n) is 5.30. The first kappa shape index (κ1) is 18.3. The smallest absolute Gasteiger partial charge is 0.227 e. The van der Waals surface area contributed by atoms with Gasteiger partial charge in [-0.2, -0.15) is 0 Å². The van der Waals surface area contributed by atoms with Crippen LogP contribution in [0.1, 0.15) is 36.8 Å². The first-order chi connectivity index (χ1) is 10.7. The van der Waals surface area contributed by atoms with Gasteiger partial charge < -0.3 is 10.2 Å². The minimum atomic E-state index is 0. The summed E-state index contributed by atoms with van der Waals surface area (Å²) < 4.78 is 0. The van der Waals surface area contributed by atoms with Crippen LogP contribution in [0.3, 0.4) is 0 Å². The highest BCUT2D eigenvalue weighted by atomic mass is 35.5. The highest BCUT2D eigenvalue weighted by Gasteiger charge is 2.29. The predicted molar refractivity (Wildman–Crippen MR) is 97.0 cm³/mol. The molecule has 1 N–H and O–H groups in total. The van der Waals surface area contributed by atoms with Gasteiger partial charge in [-0.25, -0.2) is 0 Å². The quantitative estimate of drug-likeness (QED) is 0.915. The van der Waals surface area contributed by atoms with Crippen LogP contribution in [0.4, 0.5) is 0 Å². The average Bonchev–Trinajstić information content (AvgIpc) is 3.09. The Balaban J connectivity index is 0.00000192. The van der Waals surface area contributed by atoms with E-state index < -0.39 is 0 Å². The summed E-state index contributed by atoms with van der Waals surface area (Å²) in [7, 11) is 0. The Morgan fingerprint density at radius 1 is 1.17 bits per heavy atom. The van der Waals surface area contributed by atoms with E-state index in [-0.39, 0.29) is 18.3 Å². The second kappa shape index (κ2) is 8.70. The first-order valence-electron chi connectivity index (χ1n) is 8.77. The van der Waals surface area contributed by atoms with Gasteiger partial charge in [0, 0.05) is 19.6 Å². The molecule has 1 aromatic carbocycles. The largest absolute Gasteiger partial charge is 0.342 e. The lowest BCUT2D eigenvalue weighted by molar-refractivity contribution is -0.136. The molecule has 1 unspecified atom stereocenters. The van der Waals surface area contributed by atoms with Gasteiger partial charge in [-0.15, -0.1) is 12.4 Å². The van der Waals surface area contributed by atoms with Crippen LogP contribution >= 0.6 is 12.4 Å². The number of nitrogens with zero attached hydrogens (tertiary/aromatic N) is 1. The highest BCUT2D eigenvalue weighted by molar-refractivity contribution is 5.85. The third-order valence-corrected chi connectivity index (χ3v) is 5.30. The number of rotatable bonds is 4. The number of carbonyl (C=O) groups excluding carboxylic acids is 1. The van der Waals surface area contributed by atoms with E-state index >= 15 is 0 Å². The number of halogens is 1. The molecule has 0 bridgehead atoms. The molecule has 2 saturated heterocycles. The van der Waals surface area contributed by atoms with E-state index in [1.165, 1.54) is 36.8 Å². The van der Waals surface area contributed by atoms with Crippen LogP contribution in [0.15, 0.2) is 24.3 Å². The molecule has 0 radical (unpaired) electrons. The zero-order valence-electron chi connectivity index (χ0n) is 14.1. The maximum atomic E-state index is 12.4. The molecular weight excluding hydrogens is 308 g/mol. The van der Waals surface area contributed by atoms with Gasteiger partial charge in [0.15, 0.2) is 0 Å². The molecule has 0 aliphatic carbocycles. The normalized spacial score (nSPS) is 22.0. The lowest BCUT2D eigenvalue weighted by Crippen LogP contribution is -2.42. The topological polar surface area (TPSA) is 32.3 Å². The Labute approximate surface area is 146 Å². The second-order valence-electron chi connectivity index (χ2n) is 6.98. The Morgan fingerprint density at radius 3 is 2.48 bits per heavy atom. The van der Waals surface area contributed by atoms with Crippen molar-refractivity contribution in [2.24, 2.45) is 11.8 Å². The summed E-state index contributed by atoms with van der Waals surface area (Å²) in [5.74, 6) is 1.41. The van der Waals surface area contributed by atoms with Crippen LogP contribution in [0, 0.1) is 18.8 Å². The van der Waals surface area contributed by atoms with Crippen molar-refractivity contribution in [1.82, 2.24) is 10.2 Å². The van der Waals surface area contributed by atoms with E-state index in [9.17, 15) is 4.79 Å². The van der Waals surface area contributed by atoms with Crippen LogP contribution in [0.5, 0.6) is 0 Å². The lowest BCUT2D eigenvalue weighted by Gasteiger charge is -2.33. The molecule has 0 saturated carbocycles. The van der Waals surface area contributed by atoms with Gasteiger partial charge in [0.2, 0.25) is 5.91 Å². The van der Waals surface area contributed by atoms with Crippen LogP contribution in [-0.2, 0) is 11.2 Å². The van der Waals surface area contributed by atoms with E-state index in [1.807, 2.05) is 0 Å². The molecule has 1 atom stereocenters. The molecule has 4 heteroatoms. The minimum Gasteiger partial charge on any atom is -0.342 e. The monoisotopic (exact) mass is 336 g/mol. The second-order valence-corrected chi connectivity index (χ2v) is 6.98. The number of aryl methyl sites for hydroxylation is 2. The molecule has 1 aromatic rings. The number of piperidine rings is 1. The zero-order valence-corrected chi connectivity index (χ0v) is 14.9. The van der Waals surface area contributed by atoms with E-state index in [2.05, 4.69) is 41.4 Å². The number of nitrogens with one attached hydrogen (secondary N) is 1. The summed E-state index contributed by atoms with van der Waals surface area (Å²) in [5.41, 5.74) is 2.78. The fraction of sp³-hybridized carbons (Fsp3) is 0.632. The molecule has 2 aliphatic rings. The summed E-state index contributed by atoms with van der Waals surface area (Å²) in [4.78, 5) is 14.5. The van der Waals surface area contributed by atoms with Gasteiger partial charge in [0.25, 0.3) is 0 Å². The third kappa shape index (κ3) is 4.95. The van der Waals surface area contributed by atoms with E-state index in [4.69, 9.17) is 0 Å². The van der Waals surface area contributed by atoms with Crippen molar-refractivity contribution in [1.29, 1.82) is 0 Å². The molecule has 3 nitrogen and oxygen atoms in total. The standard InChI is InChI=1S/C19H28N2O.ClH/c1-15-2-4-16(5-3-15)6-7-17-9-12-21(13-10-17)19(22)18-8-11-20-14-18;/h2-5,17-18,20H,6-14H2,1H3;1H. The Bertz CT molecular complexity index is 489.